The highest BCUT2D eigenvalue weighted by molar-refractivity contribution is 8.26. The van der Waals surface area contributed by atoms with Gasteiger partial charge in [-0.05, 0) is 66.4 Å². The molecule has 5 N–H and O–H groups in total. The lowest BCUT2D eigenvalue weighted by molar-refractivity contribution is -0.142. The molecule has 17 nitrogen and oxygen atoms in total. The SMILES string of the molecule is CCOC(=O)Cc1ccc2c(c1)NC(=O)CO2.CNC(=O)OCCc1ccc2c(c1)N(Cc1cnc[nH]1)CCO2.OCCc1ccc2c(c1)N(Cc1cnc[nH]1)CCO2.[B][B]B(B([B])[B])B(B(B([B])[B])B([B])[B])B(B(B([B])[B])B([B])[B])B(B([B])[B])B([B])[B]. The minimum absolute atomic E-state index is 0.0320. The van der Waals surface area contributed by atoms with Crippen LogP contribution in [-0.2, 0) is 51.4 Å². The fourth-order valence-corrected chi connectivity index (χ4v) is 10.9. The molecule has 0 saturated heterocycles. The zero-order chi connectivity index (χ0) is 64.6. The largest absolute Gasteiger partial charge is 0.490 e. The average Bonchev–Trinajstić information content (AvgIpc) is 2.03. The van der Waals surface area contributed by atoms with E-state index < -0.39 is 89.1 Å². The van der Waals surface area contributed by atoms with Crippen molar-refractivity contribution in [3.63, 3.8) is 0 Å². The Balaban J connectivity index is 0.000000217. The van der Waals surface area contributed by atoms with Gasteiger partial charge in [0, 0.05) is 239 Å². The van der Waals surface area contributed by atoms with Gasteiger partial charge in [0.05, 0.1) is 86.9 Å². The number of esters is 1. The second-order valence-corrected chi connectivity index (χ2v) is 21.3. The van der Waals surface area contributed by atoms with Gasteiger partial charge >= 0.3 is 12.1 Å². The molecular weight excluding hydrogens is 1070 g/mol. The Morgan fingerprint density at radius 1 is 0.636 bits per heavy atom. The van der Waals surface area contributed by atoms with E-state index in [1.54, 1.807) is 44.8 Å². The maximum atomic E-state index is 11.3. The van der Waals surface area contributed by atoms with Gasteiger partial charge in [0.15, 0.2) is 6.61 Å². The Bertz CT molecular complexity index is 2860. The predicted molar refractivity (Wildman–Crippen MR) is 386 cm³/mol. The van der Waals surface area contributed by atoms with E-state index in [2.05, 4.69) is 52.5 Å². The number of nitrogens with zero attached hydrogens (tertiary/aromatic N) is 4. The molecule has 3 aliphatic heterocycles. The molecule has 3 aromatic carbocycles. The first-order valence-corrected chi connectivity index (χ1v) is 28.8. The van der Waals surface area contributed by atoms with Crippen molar-refractivity contribution in [3.05, 3.63) is 108 Å². The molecule has 5 heterocycles. The number of carbonyl (C=O) groups is 3. The van der Waals surface area contributed by atoms with Crippen LogP contribution in [0.3, 0.4) is 0 Å². The predicted octanol–water partition coefficient (Wildman–Crippen LogP) is -6.87. The summed E-state index contributed by atoms with van der Waals surface area (Å²) in [6.07, 6.45) is -3.70. The molecule has 3 aliphatic rings. The van der Waals surface area contributed by atoms with Crippen molar-refractivity contribution in [1.82, 2.24) is 25.3 Å². The summed E-state index contributed by atoms with van der Waals surface area (Å²) in [7, 11) is 92.7. The number of ether oxygens (including phenoxy) is 5. The van der Waals surface area contributed by atoms with Gasteiger partial charge in [-0.3, -0.25) is 9.59 Å². The number of aliphatic hydroxyl groups is 1. The van der Waals surface area contributed by atoms with Crippen molar-refractivity contribution in [3.8, 4) is 17.2 Å². The van der Waals surface area contributed by atoms with Crippen LogP contribution in [0.2, 0.25) is 0 Å². The molecule has 8 rings (SSSR count). The Labute approximate surface area is 545 Å². The average molecular weight is 1120 g/mol. The molecular formula is C42H50B29N8O9. The number of anilines is 3. The monoisotopic (exact) mass is 1130 g/mol. The summed E-state index contributed by atoms with van der Waals surface area (Å²) < 4.78 is 26.5. The summed E-state index contributed by atoms with van der Waals surface area (Å²) in [5.41, 5.74) is 7.91. The minimum Gasteiger partial charge on any atom is -0.490 e. The third-order valence-corrected chi connectivity index (χ3v) is 14.9. The molecule has 0 fully saturated rings. The molecule has 31 radical (unpaired) electrons. The van der Waals surface area contributed by atoms with Crippen LogP contribution < -0.4 is 34.6 Å². The number of benzene rings is 3. The van der Waals surface area contributed by atoms with Crippen LogP contribution in [0, 0.1) is 0 Å². The summed E-state index contributed by atoms with van der Waals surface area (Å²) in [5.74, 6) is 1.94. The summed E-state index contributed by atoms with van der Waals surface area (Å²) in [5, 5.41) is 14.2. The molecule has 88 heavy (non-hydrogen) atoms. The normalized spacial score (nSPS) is 12.1. The van der Waals surface area contributed by atoms with Crippen molar-refractivity contribution >= 4 is 241 Å². The minimum atomic E-state index is -1.03. The molecule has 2 amide bonds. The second kappa shape index (κ2) is 37.5. The summed E-state index contributed by atoms with van der Waals surface area (Å²) >= 11 is 0. The van der Waals surface area contributed by atoms with Crippen molar-refractivity contribution in [1.29, 1.82) is 0 Å². The zero-order valence-electron chi connectivity index (χ0n) is 49.9. The highest BCUT2D eigenvalue weighted by Crippen LogP contribution is 2.35. The Morgan fingerprint density at radius 2 is 1.11 bits per heavy atom. The number of aromatic nitrogens is 4. The molecule has 0 saturated carbocycles. The first-order valence-electron chi connectivity index (χ1n) is 28.8. The van der Waals surface area contributed by atoms with E-state index in [4.69, 9.17) is 145 Å². The van der Waals surface area contributed by atoms with E-state index in [1.807, 2.05) is 36.7 Å². The molecule has 5 aromatic rings. The smallest absolute Gasteiger partial charge is 0.406 e. The second-order valence-electron chi connectivity index (χ2n) is 21.3. The highest BCUT2D eigenvalue weighted by Gasteiger charge is 2.51. The molecule has 0 bridgehead atoms. The Hall–Kier alpha value is -4.87. The number of carbonyl (C=O) groups excluding carboxylic acids is 3. The van der Waals surface area contributed by atoms with Gasteiger partial charge in [-0.1, -0.05) is 18.2 Å². The molecule has 2 aromatic heterocycles. The molecule has 0 spiro atoms. The Morgan fingerprint density at radius 3 is 1.55 bits per heavy atom. The maximum absolute atomic E-state index is 11.3. The fourth-order valence-electron chi connectivity index (χ4n) is 10.9. The lowest BCUT2D eigenvalue weighted by Gasteiger charge is -2.49. The van der Waals surface area contributed by atoms with E-state index in [9.17, 15) is 14.4 Å². The van der Waals surface area contributed by atoms with E-state index in [0.29, 0.717) is 50.7 Å². The number of amides is 2. The van der Waals surface area contributed by atoms with Crippen LogP contribution in [-0.4, -0.2) is 309 Å². The zero-order valence-corrected chi connectivity index (χ0v) is 49.9. The summed E-state index contributed by atoms with van der Waals surface area (Å²) in [6.45, 7) is 7.26. The van der Waals surface area contributed by atoms with Gasteiger partial charge in [0.2, 0.25) is 0 Å². The number of aromatic amines is 2. The van der Waals surface area contributed by atoms with Crippen molar-refractivity contribution in [2.45, 2.75) is 39.3 Å². The Kier molecular flexibility index (Phi) is 31.4. The first-order chi connectivity index (χ1) is 42.0. The van der Waals surface area contributed by atoms with E-state index in [0.717, 1.165) is 77.1 Å². The van der Waals surface area contributed by atoms with Gasteiger partial charge in [-0.2, -0.15) is 0 Å². The molecule has 0 aliphatic carbocycles. The standard InChI is InChI=1S/C16H20N4O3.C14H17N3O2.C12H13NO4.B29/c1-17-16(21)23-6-4-12-2-3-15-14(8-12)20(5-7-22-15)10-13-9-18-11-19-13;18-5-3-11-1-2-14-13(7-11)17(4-6-19-14)9-12-8-15-10-16-12;1-2-16-12(15)6-8-3-4-10-9(5-8)13-11(14)7-17-10;1-16-24(17(2)3)28(25(18(4)5)19(6)7)29(26(20(8)9)21(10)11)27(22(12)13)23(14)15/h2-3,8-9,11H,4-7,10H2,1H3,(H,17,21)(H,18,19);1-2,7-8,10,18H,3-6,9H2,(H,15,16);3-5H,2,6-7H2,1H3,(H,13,14);. The van der Waals surface area contributed by atoms with E-state index in [-0.39, 0.29) is 31.5 Å². The third kappa shape index (κ3) is 22.2. The topological polar surface area (TPSA) is 205 Å². The van der Waals surface area contributed by atoms with Crippen LogP contribution in [0.4, 0.5) is 21.9 Å². The van der Waals surface area contributed by atoms with Crippen molar-refractivity contribution in [2.75, 3.05) is 74.9 Å². The lowest BCUT2D eigenvalue weighted by Crippen LogP contribution is -2.87. The first kappa shape index (κ1) is 73.9. The fraction of sp³-hybridized carbons (Fsp3) is 0.357. The summed E-state index contributed by atoms with van der Waals surface area (Å²) in [4.78, 5) is 52.4. The third-order valence-electron chi connectivity index (χ3n) is 14.9. The van der Waals surface area contributed by atoms with Gasteiger partial charge in [0.1, 0.15) is 30.5 Å². The number of fused-ring (bicyclic) bond motifs is 3. The van der Waals surface area contributed by atoms with Crippen LogP contribution >= 0.6 is 0 Å². The molecule has 46 heteroatoms. The number of hydrogen-bond donors (Lipinski definition) is 5. The quantitative estimate of drug-likeness (QED) is 0.0273. The van der Waals surface area contributed by atoms with Gasteiger partial charge in [-0.25, -0.2) is 14.8 Å². The number of alkyl carbamates (subject to hydrolysis) is 1. The van der Waals surface area contributed by atoms with E-state index in [1.165, 1.54) is 7.06 Å². The maximum Gasteiger partial charge on any atom is 0.406 e. The van der Waals surface area contributed by atoms with Crippen LogP contribution in [0.25, 0.3) is 0 Å². The van der Waals surface area contributed by atoms with Crippen molar-refractivity contribution in [2.24, 2.45) is 0 Å². The molecule has 0 atom stereocenters. The number of nitrogens with one attached hydrogen (secondary N) is 4. The van der Waals surface area contributed by atoms with Crippen molar-refractivity contribution < 1.29 is 43.2 Å². The van der Waals surface area contributed by atoms with Crippen LogP contribution in [0.5, 0.6) is 17.2 Å². The summed E-state index contributed by atoms with van der Waals surface area (Å²) in [6, 6.07) is 17.4. The van der Waals surface area contributed by atoms with Gasteiger partial charge in [0.25, 0.3) is 5.91 Å². The number of rotatable bonds is 25. The number of hydrogen-bond acceptors (Lipinski definition) is 13. The molecule has 399 valence electrons. The number of H-pyrrole nitrogens is 2. The van der Waals surface area contributed by atoms with Crippen LogP contribution in [0.15, 0.2) is 79.6 Å². The van der Waals surface area contributed by atoms with Gasteiger partial charge in [-0.15, -0.1) is 0 Å². The highest BCUT2D eigenvalue weighted by atomic mass is 16.5. The van der Waals surface area contributed by atoms with E-state index >= 15 is 0 Å². The number of aliphatic hydroxyl groups excluding tert-OH is 1. The lowest BCUT2D eigenvalue weighted by atomic mass is 8.32. The van der Waals surface area contributed by atoms with Crippen LogP contribution in [0.1, 0.15) is 35.0 Å². The van der Waals surface area contributed by atoms with Gasteiger partial charge < -0.3 is 59.2 Å². The molecule has 0 unspecified atom stereocenters. The number of imidazole rings is 2.